The Labute approximate surface area is 68.3 Å². The molecule has 1 aliphatic rings. The lowest BCUT2D eigenvalue weighted by molar-refractivity contribution is 0.0156. The minimum absolute atomic E-state index is 0.391. The third kappa shape index (κ3) is 3.18. The van der Waals surface area contributed by atoms with Crippen LogP contribution in [0.25, 0.3) is 0 Å². The van der Waals surface area contributed by atoms with Gasteiger partial charge in [0.05, 0.1) is 12.7 Å². The second-order valence-electron chi connectivity index (χ2n) is 3.27. The molecule has 1 fully saturated rings. The second kappa shape index (κ2) is 4.70. The number of nitrogens with one attached hydrogen (secondary N) is 1. The molecule has 0 radical (unpaired) electrons. The van der Waals surface area contributed by atoms with Crippen molar-refractivity contribution in [2.75, 3.05) is 26.2 Å². The highest BCUT2D eigenvalue weighted by Gasteiger charge is 2.15. The van der Waals surface area contributed by atoms with Crippen LogP contribution >= 0.6 is 0 Å². The first-order valence-corrected chi connectivity index (χ1v) is 4.35. The molecule has 0 aromatic rings. The van der Waals surface area contributed by atoms with Gasteiger partial charge in [-0.25, -0.2) is 0 Å². The maximum Gasteiger partial charge on any atom is 0.0703 e. The summed E-state index contributed by atoms with van der Waals surface area (Å²) in [5.41, 5.74) is 5.51. The molecular formula is C8H18N2O. The van der Waals surface area contributed by atoms with Gasteiger partial charge in [0.15, 0.2) is 0 Å². The van der Waals surface area contributed by atoms with E-state index in [1.54, 1.807) is 0 Å². The van der Waals surface area contributed by atoms with Gasteiger partial charge in [-0.15, -0.1) is 0 Å². The summed E-state index contributed by atoms with van der Waals surface area (Å²) in [7, 11) is 0. The van der Waals surface area contributed by atoms with Gasteiger partial charge < -0.3 is 15.8 Å². The number of morpholine rings is 1. The number of ether oxygens (including phenoxy) is 1. The van der Waals surface area contributed by atoms with Gasteiger partial charge >= 0.3 is 0 Å². The summed E-state index contributed by atoms with van der Waals surface area (Å²) in [4.78, 5) is 0. The van der Waals surface area contributed by atoms with Gasteiger partial charge in [0.2, 0.25) is 0 Å². The van der Waals surface area contributed by atoms with E-state index in [2.05, 4.69) is 12.2 Å². The lowest BCUT2D eigenvalue weighted by Crippen LogP contribution is -2.39. The molecule has 1 heterocycles. The van der Waals surface area contributed by atoms with E-state index in [1.165, 1.54) is 0 Å². The summed E-state index contributed by atoms with van der Waals surface area (Å²) < 4.78 is 5.53. The monoisotopic (exact) mass is 158 g/mol. The van der Waals surface area contributed by atoms with E-state index in [9.17, 15) is 0 Å². The van der Waals surface area contributed by atoms with Crippen LogP contribution in [0.4, 0.5) is 0 Å². The number of nitrogens with two attached hydrogens (primary N) is 1. The van der Waals surface area contributed by atoms with Gasteiger partial charge in [-0.2, -0.15) is 0 Å². The lowest BCUT2D eigenvalue weighted by atomic mass is 10.0. The van der Waals surface area contributed by atoms with Gasteiger partial charge in [0.25, 0.3) is 0 Å². The zero-order chi connectivity index (χ0) is 8.10. The van der Waals surface area contributed by atoms with Crippen LogP contribution in [0.3, 0.4) is 0 Å². The average molecular weight is 158 g/mol. The van der Waals surface area contributed by atoms with Crippen LogP contribution in [-0.2, 0) is 4.74 Å². The molecule has 66 valence electrons. The van der Waals surface area contributed by atoms with Crippen LogP contribution in [0.5, 0.6) is 0 Å². The van der Waals surface area contributed by atoms with Crippen molar-refractivity contribution in [3.63, 3.8) is 0 Å². The van der Waals surface area contributed by atoms with Crippen LogP contribution in [0.2, 0.25) is 0 Å². The Morgan fingerprint density at radius 2 is 2.55 bits per heavy atom. The fourth-order valence-electron chi connectivity index (χ4n) is 1.32. The second-order valence-corrected chi connectivity index (χ2v) is 3.27. The Bertz CT molecular complexity index is 102. The van der Waals surface area contributed by atoms with Crippen LogP contribution < -0.4 is 11.1 Å². The molecule has 1 rings (SSSR count). The smallest absolute Gasteiger partial charge is 0.0703 e. The first-order chi connectivity index (χ1) is 5.33. The van der Waals surface area contributed by atoms with Crippen LogP contribution in [0.1, 0.15) is 13.3 Å². The molecule has 3 N–H and O–H groups in total. The molecule has 2 unspecified atom stereocenters. The highest BCUT2D eigenvalue weighted by molar-refractivity contribution is 4.69. The van der Waals surface area contributed by atoms with E-state index in [0.29, 0.717) is 12.0 Å². The van der Waals surface area contributed by atoms with E-state index < -0.39 is 0 Å². The minimum Gasteiger partial charge on any atom is -0.376 e. The van der Waals surface area contributed by atoms with Crippen molar-refractivity contribution in [3.8, 4) is 0 Å². The molecule has 0 bridgehead atoms. The third-order valence-corrected chi connectivity index (χ3v) is 2.07. The van der Waals surface area contributed by atoms with E-state index in [-0.39, 0.29) is 0 Å². The van der Waals surface area contributed by atoms with Gasteiger partial charge in [-0.3, -0.25) is 0 Å². The molecule has 0 aliphatic carbocycles. The molecule has 2 atom stereocenters. The first kappa shape index (κ1) is 8.97. The zero-order valence-corrected chi connectivity index (χ0v) is 7.18. The van der Waals surface area contributed by atoms with Crippen LogP contribution in [0, 0.1) is 5.92 Å². The fraction of sp³-hybridized carbons (Fsp3) is 1.00. The molecule has 3 heteroatoms. The molecule has 0 aromatic heterocycles. The minimum atomic E-state index is 0.391. The van der Waals surface area contributed by atoms with Crippen molar-refractivity contribution in [1.82, 2.24) is 5.32 Å². The molecule has 1 saturated heterocycles. The van der Waals surface area contributed by atoms with Crippen molar-refractivity contribution in [2.24, 2.45) is 11.7 Å². The number of rotatable bonds is 3. The summed E-state index contributed by atoms with van der Waals surface area (Å²) in [6, 6.07) is 0. The van der Waals surface area contributed by atoms with Gasteiger partial charge in [-0.1, -0.05) is 6.92 Å². The van der Waals surface area contributed by atoms with Crippen molar-refractivity contribution in [2.45, 2.75) is 19.4 Å². The first-order valence-electron chi connectivity index (χ1n) is 4.35. The van der Waals surface area contributed by atoms with Crippen molar-refractivity contribution < 1.29 is 4.74 Å². The molecular weight excluding hydrogens is 140 g/mol. The van der Waals surface area contributed by atoms with Crippen molar-refractivity contribution >= 4 is 0 Å². The normalized spacial score (nSPS) is 28.4. The van der Waals surface area contributed by atoms with E-state index in [0.717, 1.165) is 32.7 Å². The summed E-state index contributed by atoms with van der Waals surface area (Å²) in [6.45, 7) is 5.76. The largest absolute Gasteiger partial charge is 0.376 e. The highest BCUT2D eigenvalue weighted by atomic mass is 16.5. The molecule has 1 aliphatic heterocycles. The van der Waals surface area contributed by atoms with E-state index in [1.807, 2.05) is 0 Å². The molecule has 11 heavy (non-hydrogen) atoms. The maximum atomic E-state index is 5.53. The molecule has 0 saturated carbocycles. The fourth-order valence-corrected chi connectivity index (χ4v) is 1.32. The van der Waals surface area contributed by atoms with E-state index in [4.69, 9.17) is 10.5 Å². The SMILES string of the molecule is CC(CN)CC1CNCCO1. The predicted octanol–water partition coefficient (Wildman–Crippen LogP) is -0.0403. The Morgan fingerprint density at radius 1 is 1.73 bits per heavy atom. The van der Waals surface area contributed by atoms with Crippen LogP contribution in [-0.4, -0.2) is 32.3 Å². The van der Waals surface area contributed by atoms with Crippen molar-refractivity contribution in [1.29, 1.82) is 0 Å². The Hall–Kier alpha value is -0.120. The summed E-state index contributed by atoms with van der Waals surface area (Å²) >= 11 is 0. The summed E-state index contributed by atoms with van der Waals surface area (Å²) in [5, 5.41) is 3.30. The molecule has 0 amide bonds. The topological polar surface area (TPSA) is 47.3 Å². The van der Waals surface area contributed by atoms with E-state index >= 15 is 0 Å². The summed E-state index contributed by atoms with van der Waals surface area (Å²) in [6.07, 6.45) is 1.48. The molecule has 3 nitrogen and oxygen atoms in total. The predicted molar refractivity (Wildman–Crippen MR) is 45.4 cm³/mol. The Morgan fingerprint density at radius 3 is 3.09 bits per heavy atom. The highest BCUT2D eigenvalue weighted by Crippen LogP contribution is 2.08. The Balaban J connectivity index is 2.13. The quantitative estimate of drug-likeness (QED) is 0.606. The standard InChI is InChI=1S/C8H18N2O/c1-7(5-9)4-8-6-10-2-3-11-8/h7-8,10H,2-6,9H2,1H3. The Kier molecular flexibility index (Phi) is 3.83. The zero-order valence-electron chi connectivity index (χ0n) is 7.18. The van der Waals surface area contributed by atoms with Gasteiger partial charge in [0, 0.05) is 13.1 Å². The lowest BCUT2D eigenvalue weighted by Gasteiger charge is -2.25. The maximum absolute atomic E-state index is 5.53. The van der Waals surface area contributed by atoms with Gasteiger partial charge in [0.1, 0.15) is 0 Å². The van der Waals surface area contributed by atoms with Crippen molar-refractivity contribution in [3.05, 3.63) is 0 Å². The van der Waals surface area contributed by atoms with Crippen LogP contribution in [0.15, 0.2) is 0 Å². The number of hydrogen-bond acceptors (Lipinski definition) is 3. The summed E-state index contributed by atoms with van der Waals surface area (Å²) in [5.74, 6) is 0.583. The molecule has 0 spiro atoms. The average Bonchev–Trinajstić information content (AvgIpc) is 2.06. The number of hydrogen-bond donors (Lipinski definition) is 2. The third-order valence-electron chi connectivity index (χ3n) is 2.07. The van der Waals surface area contributed by atoms with Gasteiger partial charge in [-0.05, 0) is 18.9 Å². The molecule has 0 aromatic carbocycles.